The minimum Gasteiger partial charge on any atom is -0.345 e. The highest BCUT2D eigenvalue weighted by molar-refractivity contribution is 7.15. The maximum Gasteiger partial charge on any atom is 0.186 e. The monoisotopic (exact) mass is 295 g/mol. The molecule has 1 saturated carbocycles. The lowest BCUT2D eigenvalue weighted by molar-refractivity contribution is 0.545. The second-order valence-corrected chi connectivity index (χ2v) is 8.13. The molecule has 1 heterocycles. The van der Waals surface area contributed by atoms with Crippen LogP contribution >= 0.6 is 11.3 Å². The van der Waals surface area contributed by atoms with Crippen LogP contribution in [0.15, 0.2) is 0 Å². The average molecular weight is 295 g/mol. The van der Waals surface area contributed by atoms with E-state index in [9.17, 15) is 0 Å². The fourth-order valence-corrected chi connectivity index (χ4v) is 3.76. The van der Waals surface area contributed by atoms with Crippen LogP contribution in [0.2, 0.25) is 0 Å². The Hall–Kier alpha value is -0.610. The van der Waals surface area contributed by atoms with Gasteiger partial charge in [-0.25, -0.2) is 4.98 Å². The number of rotatable bonds is 6. The maximum absolute atomic E-state index is 5.00. The van der Waals surface area contributed by atoms with E-state index in [2.05, 4.69) is 51.8 Å². The van der Waals surface area contributed by atoms with Gasteiger partial charge in [0.05, 0.1) is 5.69 Å². The van der Waals surface area contributed by atoms with Crippen molar-refractivity contribution in [1.29, 1.82) is 0 Å². The lowest BCUT2D eigenvalue weighted by atomic mass is 9.91. The molecule has 1 aromatic heterocycles. The van der Waals surface area contributed by atoms with Gasteiger partial charge in [-0.3, -0.25) is 0 Å². The topological polar surface area (TPSA) is 28.2 Å². The van der Waals surface area contributed by atoms with Crippen LogP contribution in [0.3, 0.4) is 0 Å². The minimum atomic E-state index is 0.117. The molecule has 0 radical (unpaired) electrons. The zero-order chi connectivity index (χ0) is 14.9. The lowest BCUT2D eigenvalue weighted by Gasteiger charge is -2.20. The number of hydrogen-bond donors (Lipinski definition) is 1. The van der Waals surface area contributed by atoms with Crippen LogP contribution in [-0.4, -0.2) is 23.6 Å². The van der Waals surface area contributed by atoms with Crippen LogP contribution in [0.5, 0.6) is 0 Å². The molecule has 114 valence electrons. The zero-order valence-corrected chi connectivity index (χ0v) is 14.6. The van der Waals surface area contributed by atoms with Crippen molar-refractivity contribution in [2.45, 2.75) is 78.4 Å². The van der Waals surface area contributed by atoms with Gasteiger partial charge in [-0.15, -0.1) is 11.3 Å². The van der Waals surface area contributed by atoms with Crippen molar-refractivity contribution in [3.8, 4) is 0 Å². The van der Waals surface area contributed by atoms with Gasteiger partial charge in [0.15, 0.2) is 5.13 Å². The Kier molecular flexibility index (Phi) is 4.75. The highest BCUT2D eigenvalue weighted by Crippen LogP contribution is 2.38. The van der Waals surface area contributed by atoms with Crippen molar-refractivity contribution in [3.63, 3.8) is 0 Å². The van der Waals surface area contributed by atoms with Crippen molar-refractivity contribution >= 4 is 16.5 Å². The standard InChI is InChI=1S/C16H29N3S/c1-7-19(12-8-9-12)15-18-14(16(4,5)6)13(20-15)10-17-11(2)3/h11-12,17H,7-10H2,1-6H3. The SMILES string of the molecule is CCN(c1nc(C(C)(C)C)c(CNC(C)C)s1)C1CC1. The van der Waals surface area contributed by atoms with E-state index in [-0.39, 0.29) is 5.41 Å². The van der Waals surface area contributed by atoms with Gasteiger partial charge >= 0.3 is 0 Å². The Morgan fingerprint density at radius 3 is 2.45 bits per heavy atom. The Labute approximate surface area is 127 Å². The van der Waals surface area contributed by atoms with Crippen molar-refractivity contribution in [2.24, 2.45) is 0 Å². The third kappa shape index (κ3) is 3.73. The van der Waals surface area contributed by atoms with Gasteiger partial charge < -0.3 is 10.2 Å². The number of nitrogens with zero attached hydrogens (tertiary/aromatic N) is 2. The molecule has 2 rings (SSSR count). The Morgan fingerprint density at radius 2 is 2.00 bits per heavy atom. The summed E-state index contributed by atoms with van der Waals surface area (Å²) in [6.07, 6.45) is 2.66. The molecule has 0 atom stereocenters. The Bertz CT molecular complexity index is 441. The first-order valence-electron chi connectivity index (χ1n) is 7.83. The molecule has 20 heavy (non-hydrogen) atoms. The molecule has 0 bridgehead atoms. The van der Waals surface area contributed by atoms with E-state index >= 15 is 0 Å². The summed E-state index contributed by atoms with van der Waals surface area (Å²) in [6.45, 7) is 15.4. The zero-order valence-electron chi connectivity index (χ0n) is 13.8. The van der Waals surface area contributed by atoms with Gasteiger partial charge in [0, 0.05) is 35.5 Å². The molecule has 1 N–H and O–H groups in total. The van der Waals surface area contributed by atoms with Crippen molar-refractivity contribution in [2.75, 3.05) is 11.4 Å². The highest BCUT2D eigenvalue weighted by Gasteiger charge is 2.32. The first-order valence-corrected chi connectivity index (χ1v) is 8.64. The van der Waals surface area contributed by atoms with Crippen LogP contribution in [0.1, 0.15) is 65.0 Å². The first kappa shape index (κ1) is 15.8. The fourth-order valence-electron chi connectivity index (χ4n) is 2.40. The summed E-state index contributed by atoms with van der Waals surface area (Å²) >= 11 is 1.88. The fraction of sp³-hybridized carbons (Fsp3) is 0.812. The third-order valence-electron chi connectivity index (χ3n) is 3.64. The lowest BCUT2D eigenvalue weighted by Crippen LogP contribution is -2.25. The van der Waals surface area contributed by atoms with Crippen LogP contribution in [0.25, 0.3) is 0 Å². The molecule has 0 aromatic carbocycles. The summed E-state index contributed by atoms with van der Waals surface area (Å²) in [6, 6.07) is 1.25. The van der Waals surface area contributed by atoms with E-state index in [4.69, 9.17) is 4.98 Å². The molecule has 0 amide bonds. The van der Waals surface area contributed by atoms with Crippen molar-refractivity contribution in [1.82, 2.24) is 10.3 Å². The Balaban J connectivity index is 2.26. The van der Waals surface area contributed by atoms with Crippen molar-refractivity contribution in [3.05, 3.63) is 10.6 Å². The second kappa shape index (κ2) is 6.02. The van der Waals surface area contributed by atoms with Gasteiger partial charge in [-0.1, -0.05) is 34.6 Å². The highest BCUT2D eigenvalue weighted by atomic mass is 32.1. The molecular formula is C16H29N3S. The van der Waals surface area contributed by atoms with E-state index in [1.807, 2.05) is 11.3 Å². The van der Waals surface area contributed by atoms with Crippen LogP contribution in [-0.2, 0) is 12.0 Å². The van der Waals surface area contributed by atoms with Gasteiger partial charge in [0.25, 0.3) is 0 Å². The van der Waals surface area contributed by atoms with Crippen molar-refractivity contribution < 1.29 is 0 Å². The Morgan fingerprint density at radius 1 is 1.35 bits per heavy atom. The van der Waals surface area contributed by atoms with Gasteiger partial charge in [-0.2, -0.15) is 0 Å². The minimum absolute atomic E-state index is 0.117. The summed E-state index contributed by atoms with van der Waals surface area (Å²) in [5, 5.41) is 4.76. The van der Waals surface area contributed by atoms with Crippen LogP contribution < -0.4 is 10.2 Å². The molecular weight excluding hydrogens is 266 g/mol. The molecule has 0 unspecified atom stereocenters. The van der Waals surface area contributed by atoms with Gasteiger partial charge in [0.2, 0.25) is 0 Å². The molecule has 4 heteroatoms. The van der Waals surface area contributed by atoms with E-state index < -0.39 is 0 Å². The molecule has 0 aliphatic heterocycles. The summed E-state index contributed by atoms with van der Waals surface area (Å²) in [5.74, 6) is 0. The smallest absolute Gasteiger partial charge is 0.186 e. The van der Waals surface area contributed by atoms with Gasteiger partial charge in [0.1, 0.15) is 0 Å². The summed E-state index contributed by atoms with van der Waals surface area (Å²) in [4.78, 5) is 8.88. The predicted molar refractivity (Wildman–Crippen MR) is 88.8 cm³/mol. The van der Waals surface area contributed by atoms with E-state index in [1.165, 1.54) is 28.5 Å². The quantitative estimate of drug-likeness (QED) is 0.862. The number of aromatic nitrogens is 1. The molecule has 1 aliphatic rings. The molecule has 0 spiro atoms. The van der Waals surface area contributed by atoms with E-state index in [0.717, 1.165) is 19.1 Å². The number of anilines is 1. The molecule has 1 aromatic rings. The third-order valence-corrected chi connectivity index (χ3v) is 4.73. The second-order valence-electron chi connectivity index (χ2n) is 7.07. The first-order chi connectivity index (χ1) is 9.32. The molecule has 3 nitrogen and oxygen atoms in total. The average Bonchev–Trinajstić information content (AvgIpc) is 3.05. The normalized spacial score (nSPS) is 15.9. The van der Waals surface area contributed by atoms with Crippen LogP contribution in [0, 0.1) is 0 Å². The molecule has 1 fully saturated rings. The summed E-state index contributed by atoms with van der Waals surface area (Å²) < 4.78 is 0. The molecule has 1 aliphatic carbocycles. The number of thiazole rings is 1. The number of hydrogen-bond acceptors (Lipinski definition) is 4. The van der Waals surface area contributed by atoms with Gasteiger partial charge in [-0.05, 0) is 19.8 Å². The molecule has 0 saturated heterocycles. The predicted octanol–water partition coefficient (Wildman–Crippen LogP) is 3.93. The van der Waals surface area contributed by atoms with Crippen LogP contribution in [0.4, 0.5) is 5.13 Å². The summed E-state index contributed by atoms with van der Waals surface area (Å²) in [7, 11) is 0. The summed E-state index contributed by atoms with van der Waals surface area (Å²) in [5.41, 5.74) is 1.39. The van der Waals surface area contributed by atoms with E-state index in [0.29, 0.717) is 6.04 Å². The maximum atomic E-state index is 5.00. The number of nitrogens with one attached hydrogen (secondary N) is 1. The van der Waals surface area contributed by atoms with E-state index in [1.54, 1.807) is 0 Å². The largest absolute Gasteiger partial charge is 0.345 e.